The van der Waals surface area contributed by atoms with Gasteiger partial charge < -0.3 is 23.7 Å². The standard InChI is InChI=1S/C41H42O7S/c42-49(43,36-24-14-5-15-25-36)31-38-40(46-28-34-20-10-3-11-21-34)41(47-29-35-22-12-4-13-23-35)39(45-27-33-18-8-2-9-19-33)37(48-38)30-44-26-32-16-6-1-7-17-32/h1-25,37-41H,26-31H2/t37-,38+,39-,40+,41+/m1/s1. The van der Waals surface area contributed by atoms with Gasteiger partial charge in [0.05, 0.1) is 43.7 Å². The summed E-state index contributed by atoms with van der Waals surface area (Å²) in [6.07, 6.45) is -3.65. The van der Waals surface area contributed by atoms with Gasteiger partial charge in [0.2, 0.25) is 0 Å². The van der Waals surface area contributed by atoms with Crippen LogP contribution in [-0.2, 0) is 59.9 Å². The highest BCUT2D eigenvalue weighted by molar-refractivity contribution is 7.91. The Morgan fingerprint density at radius 3 is 1.27 bits per heavy atom. The Bertz CT molecular complexity index is 1770. The zero-order valence-corrected chi connectivity index (χ0v) is 28.1. The van der Waals surface area contributed by atoms with Crippen molar-refractivity contribution < 1.29 is 32.1 Å². The van der Waals surface area contributed by atoms with E-state index in [9.17, 15) is 8.42 Å². The molecule has 1 fully saturated rings. The van der Waals surface area contributed by atoms with Gasteiger partial charge >= 0.3 is 0 Å². The summed E-state index contributed by atoms with van der Waals surface area (Å²) in [6.45, 7) is 1.34. The lowest BCUT2D eigenvalue weighted by Crippen LogP contribution is -2.62. The summed E-state index contributed by atoms with van der Waals surface area (Å²) in [7, 11) is -3.77. The summed E-state index contributed by atoms with van der Waals surface area (Å²) in [5.41, 5.74) is 3.93. The van der Waals surface area contributed by atoms with Crippen LogP contribution in [0.15, 0.2) is 157 Å². The van der Waals surface area contributed by atoms with Crippen LogP contribution < -0.4 is 0 Å². The van der Waals surface area contributed by atoms with E-state index in [1.165, 1.54) is 0 Å². The monoisotopic (exact) mass is 678 g/mol. The molecular formula is C41H42O7S. The predicted molar refractivity (Wildman–Crippen MR) is 188 cm³/mol. The number of ether oxygens (including phenoxy) is 5. The molecule has 7 nitrogen and oxygen atoms in total. The molecule has 1 aliphatic rings. The van der Waals surface area contributed by atoms with Crippen molar-refractivity contribution in [1.82, 2.24) is 0 Å². The van der Waals surface area contributed by atoms with E-state index in [2.05, 4.69) is 0 Å². The zero-order chi connectivity index (χ0) is 33.7. The summed E-state index contributed by atoms with van der Waals surface area (Å²) in [6, 6.07) is 47.9. The average Bonchev–Trinajstić information content (AvgIpc) is 3.15. The number of hydrogen-bond acceptors (Lipinski definition) is 7. The molecule has 254 valence electrons. The molecule has 8 heteroatoms. The summed E-state index contributed by atoms with van der Waals surface area (Å²) in [4.78, 5) is 0.224. The molecule has 0 unspecified atom stereocenters. The maximum absolute atomic E-state index is 13.9. The summed E-state index contributed by atoms with van der Waals surface area (Å²) < 4.78 is 60.7. The molecule has 1 heterocycles. The van der Waals surface area contributed by atoms with Crippen LogP contribution in [0.25, 0.3) is 0 Å². The Morgan fingerprint density at radius 2 is 0.816 bits per heavy atom. The SMILES string of the molecule is O=S(=O)(C[C@@H]1O[C@H](COCc2ccccc2)[C@@H](OCc2ccccc2)[C@H](OCc2ccccc2)[C@H]1OCc1ccccc1)c1ccccc1. The molecule has 5 atom stereocenters. The number of benzene rings is 5. The first-order valence-corrected chi connectivity index (χ1v) is 18.2. The van der Waals surface area contributed by atoms with Gasteiger partial charge in [0.1, 0.15) is 30.5 Å². The van der Waals surface area contributed by atoms with Crippen molar-refractivity contribution in [2.24, 2.45) is 0 Å². The van der Waals surface area contributed by atoms with Gasteiger partial charge in [-0.2, -0.15) is 0 Å². The van der Waals surface area contributed by atoms with Gasteiger partial charge in [-0.15, -0.1) is 0 Å². The molecule has 0 N–H and O–H groups in total. The van der Waals surface area contributed by atoms with E-state index in [1.807, 2.05) is 121 Å². The van der Waals surface area contributed by atoms with Crippen molar-refractivity contribution in [2.75, 3.05) is 12.4 Å². The third-order valence-corrected chi connectivity index (χ3v) is 10.2. The van der Waals surface area contributed by atoms with Gasteiger partial charge in [-0.25, -0.2) is 8.42 Å². The van der Waals surface area contributed by atoms with Crippen LogP contribution in [0.1, 0.15) is 22.3 Å². The second-order valence-corrected chi connectivity index (χ2v) is 14.1. The van der Waals surface area contributed by atoms with Gasteiger partial charge in [0, 0.05) is 0 Å². The van der Waals surface area contributed by atoms with Crippen molar-refractivity contribution in [3.63, 3.8) is 0 Å². The van der Waals surface area contributed by atoms with Crippen LogP contribution in [0.5, 0.6) is 0 Å². The fourth-order valence-electron chi connectivity index (χ4n) is 5.96. The minimum absolute atomic E-state index is 0.160. The number of sulfone groups is 1. The third kappa shape index (κ3) is 9.95. The van der Waals surface area contributed by atoms with Gasteiger partial charge in [0.25, 0.3) is 0 Å². The Labute approximate surface area is 289 Å². The van der Waals surface area contributed by atoms with Crippen LogP contribution in [0.4, 0.5) is 0 Å². The molecule has 1 saturated heterocycles. The smallest absolute Gasteiger partial charge is 0.181 e. The van der Waals surface area contributed by atoms with Gasteiger partial charge in [-0.1, -0.05) is 140 Å². The number of hydrogen-bond donors (Lipinski definition) is 0. The van der Waals surface area contributed by atoms with Gasteiger partial charge in [0.15, 0.2) is 9.84 Å². The molecule has 0 aliphatic carbocycles. The Hall–Kier alpha value is -4.15. The minimum atomic E-state index is -3.77. The Morgan fingerprint density at radius 1 is 0.449 bits per heavy atom. The van der Waals surface area contributed by atoms with Crippen molar-refractivity contribution in [3.05, 3.63) is 174 Å². The fraction of sp³-hybridized carbons (Fsp3) is 0.268. The molecule has 5 aromatic rings. The predicted octanol–water partition coefficient (Wildman–Crippen LogP) is 7.20. The molecule has 0 spiro atoms. The lowest BCUT2D eigenvalue weighted by Gasteiger charge is -2.46. The van der Waals surface area contributed by atoms with Crippen LogP contribution >= 0.6 is 0 Å². The Kier molecular flexibility index (Phi) is 12.4. The second kappa shape index (κ2) is 17.5. The summed E-state index contributed by atoms with van der Waals surface area (Å²) >= 11 is 0. The molecule has 0 aromatic heterocycles. The zero-order valence-electron chi connectivity index (χ0n) is 27.3. The van der Waals surface area contributed by atoms with E-state index < -0.39 is 40.4 Å². The minimum Gasteiger partial charge on any atom is -0.374 e. The van der Waals surface area contributed by atoms with Crippen molar-refractivity contribution in [2.45, 2.75) is 61.8 Å². The highest BCUT2D eigenvalue weighted by Crippen LogP contribution is 2.32. The van der Waals surface area contributed by atoms with Crippen LogP contribution in [0.2, 0.25) is 0 Å². The first-order chi connectivity index (χ1) is 24.0. The van der Waals surface area contributed by atoms with E-state index in [0.29, 0.717) is 13.2 Å². The molecule has 0 saturated carbocycles. The van der Waals surface area contributed by atoms with E-state index in [1.54, 1.807) is 30.3 Å². The molecule has 6 rings (SSSR count). The lowest BCUT2D eigenvalue weighted by atomic mass is 9.94. The molecule has 0 radical (unpaired) electrons. The lowest BCUT2D eigenvalue weighted by molar-refractivity contribution is -0.268. The average molecular weight is 679 g/mol. The van der Waals surface area contributed by atoms with Crippen LogP contribution in [-0.4, -0.2) is 51.3 Å². The first-order valence-electron chi connectivity index (χ1n) is 16.6. The van der Waals surface area contributed by atoms with Crippen molar-refractivity contribution in [1.29, 1.82) is 0 Å². The van der Waals surface area contributed by atoms with E-state index in [0.717, 1.165) is 22.3 Å². The van der Waals surface area contributed by atoms with E-state index >= 15 is 0 Å². The molecule has 1 aliphatic heterocycles. The molecule has 0 amide bonds. The topological polar surface area (TPSA) is 80.3 Å². The number of rotatable bonds is 16. The normalized spacial score (nSPS) is 20.9. The summed E-state index contributed by atoms with van der Waals surface area (Å²) in [5, 5.41) is 0. The third-order valence-electron chi connectivity index (χ3n) is 8.47. The second-order valence-electron chi connectivity index (χ2n) is 12.1. The van der Waals surface area contributed by atoms with Crippen molar-refractivity contribution >= 4 is 9.84 Å². The molecule has 0 bridgehead atoms. The van der Waals surface area contributed by atoms with Gasteiger partial charge in [-0.05, 0) is 34.4 Å². The highest BCUT2D eigenvalue weighted by atomic mass is 32.2. The first kappa shape index (κ1) is 34.7. The largest absolute Gasteiger partial charge is 0.374 e. The summed E-state index contributed by atoms with van der Waals surface area (Å²) in [5.74, 6) is -0.303. The fourth-order valence-corrected chi connectivity index (χ4v) is 7.42. The van der Waals surface area contributed by atoms with Crippen LogP contribution in [0, 0.1) is 0 Å². The molecular weight excluding hydrogens is 637 g/mol. The maximum atomic E-state index is 13.9. The Balaban J connectivity index is 1.34. The molecule has 5 aromatic carbocycles. The van der Waals surface area contributed by atoms with Crippen molar-refractivity contribution in [3.8, 4) is 0 Å². The highest BCUT2D eigenvalue weighted by Gasteiger charge is 2.49. The maximum Gasteiger partial charge on any atom is 0.181 e. The van der Waals surface area contributed by atoms with Crippen LogP contribution in [0.3, 0.4) is 0 Å². The molecule has 49 heavy (non-hydrogen) atoms. The van der Waals surface area contributed by atoms with E-state index in [-0.39, 0.29) is 30.5 Å². The quantitative estimate of drug-likeness (QED) is 0.109. The van der Waals surface area contributed by atoms with E-state index in [4.69, 9.17) is 23.7 Å². The van der Waals surface area contributed by atoms with Gasteiger partial charge in [-0.3, -0.25) is 0 Å².